The second-order valence-corrected chi connectivity index (χ2v) is 5.25. The van der Waals surface area contributed by atoms with Crippen LogP contribution in [0.1, 0.15) is 10.4 Å². The molecule has 0 unspecified atom stereocenters. The average Bonchev–Trinajstić information content (AvgIpc) is 2.34. The number of halogens is 3. The number of hydrogen-bond donors (Lipinski definition) is 0. The van der Waals surface area contributed by atoms with Crippen molar-refractivity contribution in [1.29, 1.82) is 0 Å². The number of aldehydes is 1. The molecule has 0 aliphatic heterocycles. The number of benzene rings is 2. The lowest BCUT2D eigenvalue weighted by Gasteiger charge is -2.09. The van der Waals surface area contributed by atoms with Gasteiger partial charge in [0.05, 0.1) is 4.47 Å². The zero-order chi connectivity index (χ0) is 13.1. The van der Waals surface area contributed by atoms with E-state index in [0.717, 1.165) is 10.5 Å². The van der Waals surface area contributed by atoms with E-state index in [1.807, 2.05) is 0 Å². The lowest BCUT2D eigenvalue weighted by Crippen LogP contribution is -1.91. The van der Waals surface area contributed by atoms with E-state index in [4.69, 9.17) is 4.74 Å². The van der Waals surface area contributed by atoms with E-state index in [9.17, 15) is 9.18 Å². The minimum absolute atomic E-state index is 0.0728. The van der Waals surface area contributed by atoms with Crippen molar-refractivity contribution in [3.63, 3.8) is 0 Å². The molecule has 2 nitrogen and oxygen atoms in total. The standard InChI is InChI=1S/C13H7Br2FO2/c14-9-2-4-12(10(15)6-9)18-13-3-1-8(7-17)5-11(13)16/h1-7H. The van der Waals surface area contributed by atoms with Crippen LogP contribution in [0.15, 0.2) is 45.3 Å². The predicted octanol–water partition coefficient (Wildman–Crippen LogP) is 4.96. The van der Waals surface area contributed by atoms with E-state index in [0.29, 0.717) is 16.5 Å². The van der Waals surface area contributed by atoms with Crippen molar-refractivity contribution in [3.05, 3.63) is 56.7 Å². The molecule has 2 aromatic rings. The Morgan fingerprint density at radius 3 is 2.39 bits per heavy atom. The Kier molecular flexibility index (Phi) is 4.14. The van der Waals surface area contributed by atoms with Crippen molar-refractivity contribution in [1.82, 2.24) is 0 Å². The van der Waals surface area contributed by atoms with Crippen LogP contribution in [-0.4, -0.2) is 6.29 Å². The van der Waals surface area contributed by atoms with Gasteiger partial charge in [-0.3, -0.25) is 4.79 Å². The third-order valence-corrected chi connectivity index (χ3v) is 3.32. The van der Waals surface area contributed by atoms with Crippen molar-refractivity contribution >= 4 is 38.1 Å². The Labute approximate surface area is 120 Å². The summed E-state index contributed by atoms with van der Waals surface area (Å²) in [5.41, 5.74) is 0.273. The lowest BCUT2D eigenvalue weighted by atomic mass is 10.2. The molecule has 0 spiro atoms. The first kappa shape index (κ1) is 13.2. The summed E-state index contributed by atoms with van der Waals surface area (Å²) in [4.78, 5) is 10.5. The van der Waals surface area contributed by atoms with Crippen LogP contribution in [0.2, 0.25) is 0 Å². The number of carbonyl (C=O) groups is 1. The van der Waals surface area contributed by atoms with Gasteiger partial charge in [0.15, 0.2) is 11.6 Å². The number of carbonyl (C=O) groups excluding carboxylic acids is 1. The topological polar surface area (TPSA) is 26.3 Å². The summed E-state index contributed by atoms with van der Waals surface area (Å²) >= 11 is 6.64. The zero-order valence-electron chi connectivity index (χ0n) is 8.99. The highest BCUT2D eigenvalue weighted by Crippen LogP contribution is 2.33. The molecule has 0 aromatic heterocycles. The summed E-state index contributed by atoms with van der Waals surface area (Å²) in [5, 5.41) is 0. The molecule has 0 atom stereocenters. The first-order chi connectivity index (χ1) is 8.60. The second-order valence-electron chi connectivity index (χ2n) is 3.48. The van der Waals surface area contributed by atoms with E-state index in [2.05, 4.69) is 31.9 Å². The highest BCUT2D eigenvalue weighted by Gasteiger charge is 2.08. The average molecular weight is 374 g/mol. The fourth-order valence-electron chi connectivity index (χ4n) is 1.35. The first-order valence-corrected chi connectivity index (χ1v) is 6.56. The summed E-state index contributed by atoms with van der Waals surface area (Å²) in [6, 6.07) is 9.35. The second kappa shape index (κ2) is 5.63. The predicted molar refractivity (Wildman–Crippen MR) is 73.7 cm³/mol. The molecular weight excluding hydrogens is 367 g/mol. The fourth-order valence-corrected chi connectivity index (χ4v) is 2.48. The lowest BCUT2D eigenvalue weighted by molar-refractivity contribution is 0.112. The Hall–Kier alpha value is -1.20. The van der Waals surface area contributed by atoms with Crippen molar-refractivity contribution < 1.29 is 13.9 Å². The Morgan fingerprint density at radius 1 is 1.06 bits per heavy atom. The number of ether oxygens (including phenoxy) is 1. The third kappa shape index (κ3) is 2.97. The van der Waals surface area contributed by atoms with Crippen LogP contribution < -0.4 is 4.74 Å². The Bertz CT molecular complexity index is 600. The summed E-state index contributed by atoms with van der Waals surface area (Å²) < 4.78 is 20.7. The van der Waals surface area contributed by atoms with Crippen LogP contribution in [0.5, 0.6) is 11.5 Å². The molecule has 0 aliphatic rings. The fraction of sp³-hybridized carbons (Fsp3) is 0. The van der Waals surface area contributed by atoms with E-state index >= 15 is 0 Å². The molecule has 0 radical (unpaired) electrons. The molecule has 18 heavy (non-hydrogen) atoms. The van der Waals surface area contributed by atoms with Crippen LogP contribution in [0.3, 0.4) is 0 Å². The number of rotatable bonds is 3. The molecule has 0 saturated carbocycles. The molecule has 0 aliphatic carbocycles. The molecule has 2 rings (SSSR count). The zero-order valence-corrected chi connectivity index (χ0v) is 12.2. The van der Waals surface area contributed by atoms with Gasteiger partial charge in [0, 0.05) is 10.0 Å². The van der Waals surface area contributed by atoms with Gasteiger partial charge in [0.1, 0.15) is 12.0 Å². The van der Waals surface area contributed by atoms with Gasteiger partial charge in [-0.05, 0) is 52.3 Å². The Balaban J connectivity index is 2.31. The molecule has 92 valence electrons. The summed E-state index contributed by atoms with van der Waals surface area (Å²) in [6.45, 7) is 0. The van der Waals surface area contributed by atoms with E-state index < -0.39 is 5.82 Å². The molecule has 5 heteroatoms. The van der Waals surface area contributed by atoms with Crippen LogP contribution in [-0.2, 0) is 0 Å². The molecule has 0 saturated heterocycles. The highest BCUT2D eigenvalue weighted by molar-refractivity contribution is 9.11. The number of hydrogen-bond acceptors (Lipinski definition) is 2. The van der Waals surface area contributed by atoms with Crippen molar-refractivity contribution in [2.24, 2.45) is 0 Å². The largest absolute Gasteiger partial charge is 0.453 e. The molecular formula is C13H7Br2FO2. The monoisotopic (exact) mass is 372 g/mol. The van der Waals surface area contributed by atoms with Gasteiger partial charge in [-0.1, -0.05) is 15.9 Å². The summed E-state index contributed by atoms with van der Waals surface area (Å²) in [7, 11) is 0. The van der Waals surface area contributed by atoms with Gasteiger partial charge >= 0.3 is 0 Å². The Morgan fingerprint density at radius 2 is 1.78 bits per heavy atom. The molecule has 0 N–H and O–H groups in total. The quantitative estimate of drug-likeness (QED) is 0.711. The van der Waals surface area contributed by atoms with Crippen LogP contribution in [0.25, 0.3) is 0 Å². The van der Waals surface area contributed by atoms with Gasteiger partial charge in [0.25, 0.3) is 0 Å². The molecule has 0 bridgehead atoms. The first-order valence-electron chi connectivity index (χ1n) is 4.98. The molecule has 2 aromatic carbocycles. The summed E-state index contributed by atoms with van der Waals surface area (Å²) in [5.74, 6) is -0.00556. The SMILES string of the molecule is O=Cc1ccc(Oc2ccc(Br)cc2Br)c(F)c1. The van der Waals surface area contributed by atoms with Gasteiger partial charge in [-0.15, -0.1) is 0 Å². The maximum absolute atomic E-state index is 13.6. The van der Waals surface area contributed by atoms with E-state index in [1.165, 1.54) is 12.1 Å². The molecule has 0 amide bonds. The van der Waals surface area contributed by atoms with Crippen LogP contribution >= 0.6 is 31.9 Å². The van der Waals surface area contributed by atoms with Crippen molar-refractivity contribution in [3.8, 4) is 11.5 Å². The minimum atomic E-state index is -0.575. The maximum atomic E-state index is 13.6. The van der Waals surface area contributed by atoms with Gasteiger partial charge in [0.2, 0.25) is 0 Å². The van der Waals surface area contributed by atoms with Gasteiger partial charge in [-0.2, -0.15) is 0 Å². The maximum Gasteiger partial charge on any atom is 0.166 e. The normalized spacial score (nSPS) is 10.2. The van der Waals surface area contributed by atoms with Crippen LogP contribution in [0, 0.1) is 5.82 Å². The smallest absolute Gasteiger partial charge is 0.166 e. The van der Waals surface area contributed by atoms with Crippen molar-refractivity contribution in [2.45, 2.75) is 0 Å². The van der Waals surface area contributed by atoms with Crippen LogP contribution in [0.4, 0.5) is 4.39 Å². The van der Waals surface area contributed by atoms with Gasteiger partial charge in [-0.25, -0.2) is 4.39 Å². The molecule has 0 heterocycles. The summed E-state index contributed by atoms with van der Waals surface area (Å²) in [6.07, 6.45) is 0.586. The van der Waals surface area contributed by atoms with E-state index in [1.54, 1.807) is 18.2 Å². The highest BCUT2D eigenvalue weighted by atomic mass is 79.9. The van der Waals surface area contributed by atoms with Crippen molar-refractivity contribution in [2.75, 3.05) is 0 Å². The minimum Gasteiger partial charge on any atom is -0.453 e. The third-order valence-electron chi connectivity index (χ3n) is 2.21. The van der Waals surface area contributed by atoms with E-state index in [-0.39, 0.29) is 11.3 Å². The molecule has 0 fully saturated rings. The van der Waals surface area contributed by atoms with Gasteiger partial charge < -0.3 is 4.74 Å².